The van der Waals surface area contributed by atoms with Crippen LogP contribution in [0.25, 0.3) is 0 Å². The number of hydrogen-bond donors (Lipinski definition) is 0. The van der Waals surface area contributed by atoms with Crippen molar-refractivity contribution < 1.29 is 9.13 Å². The van der Waals surface area contributed by atoms with Crippen LogP contribution in [-0.4, -0.2) is 31.5 Å². The van der Waals surface area contributed by atoms with Crippen LogP contribution in [0.1, 0.15) is 24.4 Å². The lowest BCUT2D eigenvalue weighted by Gasteiger charge is -2.27. The quantitative estimate of drug-likeness (QED) is 0.385. The highest BCUT2D eigenvalue weighted by molar-refractivity contribution is 8.00. The summed E-state index contributed by atoms with van der Waals surface area (Å²) in [6.07, 6.45) is 7.26. The van der Waals surface area contributed by atoms with Crippen molar-refractivity contribution >= 4 is 28.4 Å². The van der Waals surface area contributed by atoms with E-state index in [1.807, 2.05) is 0 Å². The van der Waals surface area contributed by atoms with Gasteiger partial charge in [0.2, 0.25) is 0 Å². The van der Waals surface area contributed by atoms with Crippen molar-refractivity contribution in [2.75, 3.05) is 12.8 Å². The van der Waals surface area contributed by atoms with Crippen molar-refractivity contribution in [2.45, 2.75) is 29.0 Å². The lowest BCUT2D eigenvalue weighted by Crippen LogP contribution is -2.29. The first kappa shape index (κ1) is 17.9. The Labute approximate surface area is 143 Å². The fourth-order valence-electron chi connectivity index (χ4n) is 2.26. The van der Waals surface area contributed by atoms with E-state index in [9.17, 15) is 14.3 Å². The summed E-state index contributed by atoms with van der Waals surface area (Å²) in [5.74, 6) is 0. The SMILES string of the molecule is C=CCN(C(C=C)c1cc([N+](=O)[O-])ccc1SC1CC1)S(C)=O. The van der Waals surface area contributed by atoms with E-state index in [4.69, 9.17) is 0 Å². The molecule has 2 rings (SSSR count). The monoisotopic (exact) mass is 352 g/mol. The molecular formula is C16H20N2O3S2. The van der Waals surface area contributed by atoms with Gasteiger partial charge >= 0.3 is 0 Å². The molecule has 0 N–H and O–H groups in total. The maximum atomic E-state index is 12.1. The minimum atomic E-state index is -1.24. The summed E-state index contributed by atoms with van der Waals surface area (Å²) in [6.45, 7) is 7.95. The van der Waals surface area contributed by atoms with Crippen LogP contribution in [0.2, 0.25) is 0 Å². The molecule has 1 aliphatic rings. The molecule has 7 heteroatoms. The van der Waals surface area contributed by atoms with Crippen molar-refractivity contribution in [2.24, 2.45) is 0 Å². The Balaban J connectivity index is 2.47. The second-order valence-corrected chi connectivity index (χ2v) is 7.95. The van der Waals surface area contributed by atoms with Gasteiger partial charge in [0.1, 0.15) is 0 Å². The third-order valence-corrected chi connectivity index (χ3v) is 5.98. The molecule has 5 nitrogen and oxygen atoms in total. The molecule has 1 fully saturated rings. The molecule has 124 valence electrons. The Morgan fingerprint density at radius 1 is 1.52 bits per heavy atom. The molecule has 0 saturated heterocycles. The zero-order chi connectivity index (χ0) is 17.0. The van der Waals surface area contributed by atoms with Gasteiger partial charge in [0.25, 0.3) is 5.69 Å². The summed E-state index contributed by atoms with van der Waals surface area (Å²) in [5.41, 5.74) is 0.815. The molecular weight excluding hydrogens is 332 g/mol. The van der Waals surface area contributed by atoms with Crippen LogP contribution in [0.15, 0.2) is 48.4 Å². The number of rotatable bonds is 9. The molecule has 0 radical (unpaired) electrons. The predicted molar refractivity (Wildman–Crippen MR) is 95.9 cm³/mol. The first-order chi connectivity index (χ1) is 11.0. The molecule has 1 aromatic carbocycles. The summed E-state index contributed by atoms with van der Waals surface area (Å²) in [4.78, 5) is 11.7. The zero-order valence-electron chi connectivity index (χ0n) is 13.0. The number of nitro groups is 1. The molecule has 0 spiro atoms. The van der Waals surface area contributed by atoms with Crippen LogP contribution >= 0.6 is 11.8 Å². The van der Waals surface area contributed by atoms with Crippen LogP contribution in [0.4, 0.5) is 5.69 Å². The molecule has 0 aliphatic heterocycles. The van der Waals surface area contributed by atoms with Crippen molar-refractivity contribution in [1.29, 1.82) is 0 Å². The molecule has 0 heterocycles. The number of nitrogens with zero attached hydrogens (tertiary/aromatic N) is 2. The van der Waals surface area contributed by atoms with E-state index in [0.717, 1.165) is 23.3 Å². The number of thioether (sulfide) groups is 1. The van der Waals surface area contributed by atoms with Crippen LogP contribution in [0.3, 0.4) is 0 Å². The fourth-order valence-corrected chi connectivity index (χ4v) is 4.29. The Morgan fingerprint density at radius 3 is 2.70 bits per heavy atom. The second-order valence-electron chi connectivity index (χ2n) is 5.29. The summed E-state index contributed by atoms with van der Waals surface area (Å²) in [7, 11) is -1.24. The highest BCUT2D eigenvalue weighted by Gasteiger charge is 2.28. The maximum absolute atomic E-state index is 12.1. The maximum Gasteiger partial charge on any atom is 0.269 e. The number of non-ortho nitro benzene ring substituents is 1. The van der Waals surface area contributed by atoms with Gasteiger partial charge in [-0.15, -0.1) is 24.9 Å². The molecule has 1 saturated carbocycles. The van der Waals surface area contributed by atoms with E-state index >= 15 is 0 Å². The van der Waals surface area contributed by atoms with Crippen molar-refractivity contribution in [3.63, 3.8) is 0 Å². The van der Waals surface area contributed by atoms with Gasteiger partial charge in [0.15, 0.2) is 0 Å². The second kappa shape index (κ2) is 7.90. The molecule has 2 unspecified atom stereocenters. The van der Waals surface area contributed by atoms with Gasteiger partial charge in [-0.1, -0.05) is 12.2 Å². The van der Waals surface area contributed by atoms with E-state index in [1.165, 1.54) is 6.07 Å². The van der Waals surface area contributed by atoms with Gasteiger partial charge in [-0.25, -0.2) is 8.51 Å². The smallest absolute Gasteiger partial charge is 0.258 e. The van der Waals surface area contributed by atoms with Gasteiger partial charge in [0, 0.05) is 35.1 Å². The first-order valence-corrected chi connectivity index (χ1v) is 9.66. The molecule has 23 heavy (non-hydrogen) atoms. The molecule has 2 atom stereocenters. The Morgan fingerprint density at radius 2 is 2.22 bits per heavy atom. The third kappa shape index (κ3) is 4.53. The van der Waals surface area contributed by atoms with E-state index in [0.29, 0.717) is 11.8 Å². The number of benzene rings is 1. The largest absolute Gasteiger partial charge is 0.269 e. The fraction of sp³-hybridized carbons (Fsp3) is 0.375. The van der Waals surface area contributed by atoms with Gasteiger partial charge in [-0.05, 0) is 24.5 Å². The molecule has 0 bridgehead atoms. The topological polar surface area (TPSA) is 63.4 Å². The number of nitro benzene ring substituents is 1. The van der Waals surface area contributed by atoms with Gasteiger partial charge in [-0.3, -0.25) is 10.1 Å². The summed E-state index contributed by atoms with van der Waals surface area (Å²) < 4.78 is 13.8. The van der Waals surface area contributed by atoms with Crippen LogP contribution < -0.4 is 0 Å². The van der Waals surface area contributed by atoms with E-state index in [-0.39, 0.29) is 11.7 Å². The normalized spacial score (nSPS) is 16.8. The summed E-state index contributed by atoms with van der Waals surface area (Å²) in [5, 5.41) is 11.7. The van der Waals surface area contributed by atoms with Gasteiger partial charge < -0.3 is 0 Å². The first-order valence-electron chi connectivity index (χ1n) is 7.26. The van der Waals surface area contributed by atoms with Crippen molar-refractivity contribution in [1.82, 2.24) is 4.31 Å². The van der Waals surface area contributed by atoms with E-state index < -0.39 is 15.9 Å². The average molecular weight is 352 g/mol. The third-order valence-electron chi connectivity index (χ3n) is 3.51. The predicted octanol–water partition coefficient (Wildman–Crippen LogP) is 3.86. The lowest BCUT2D eigenvalue weighted by atomic mass is 10.1. The van der Waals surface area contributed by atoms with Crippen LogP contribution in [-0.2, 0) is 11.0 Å². The highest BCUT2D eigenvalue weighted by Crippen LogP contribution is 2.43. The molecule has 1 aromatic rings. The van der Waals surface area contributed by atoms with Gasteiger partial charge in [0.05, 0.1) is 22.0 Å². The highest BCUT2D eigenvalue weighted by atomic mass is 32.2. The van der Waals surface area contributed by atoms with Crippen LogP contribution in [0.5, 0.6) is 0 Å². The summed E-state index contributed by atoms with van der Waals surface area (Å²) >= 11 is 1.73. The minimum absolute atomic E-state index is 0.0347. The minimum Gasteiger partial charge on any atom is -0.258 e. The van der Waals surface area contributed by atoms with Crippen molar-refractivity contribution in [3.05, 3.63) is 59.2 Å². The average Bonchev–Trinajstić information content (AvgIpc) is 3.32. The number of hydrogen-bond acceptors (Lipinski definition) is 4. The van der Waals surface area contributed by atoms with E-state index in [2.05, 4.69) is 13.2 Å². The molecule has 0 aromatic heterocycles. The molecule has 1 aliphatic carbocycles. The van der Waals surface area contributed by atoms with Crippen molar-refractivity contribution in [3.8, 4) is 0 Å². The summed E-state index contributed by atoms with van der Waals surface area (Å²) in [6, 6.07) is 4.52. The van der Waals surface area contributed by atoms with Crippen LogP contribution in [0, 0.1) is 10.1 Å². The lowest BCUT2D eigenvalue weighted by molar-refractivity contribution is -0.385. The molecule has 0 amide bonds. The zero-order valence-corrected chi connectivity index (χ0v) is 14.6. The standard InChI is InChI=1S/C16H20N2O3S2/c1-4-10-17(23(3)21)15(5-2)14-11-12(18(19)20)6-9-16(14)22-13-7-8-13/h4-6,9,11,13,15H,1-2,7-8,10H2,3H3. The Bertz CT molecular complexity index is 644. The van der Waals surface area contributed by atoms with E-state index in [1.54, 1.807) is 46.6 Å². The van der Waals surface area contributed by atoms with Gasteiger partial charge in [-0.2, -0.15) is 0 Å². The Kier molecular flexibility index (Phi) is 6.15. The Hall–Kier alpha value is -1.44.